The molecule has 1 aliphatic rings. The van der Waals surface area contributed by atoms with Gasteiger partial charge < -0.3 is 0 Å². The summed E-state index contributed by atoms with van der Waals surface area (Å²) in [5.41, 5.74) is 1.76. The van der Waals surface area contributed by atoms with Crippen LogP contribution in [0.3, 0.4) is 0 Å². The third-order valence-corrected chi connectivity index (χ3v) is 4.67. The topological polar surface area (TPSA) is 0 Å². The molecule has 0 heterocycles. The van der Waals surface area contributed by atoms with E-state index < -0.39 is 0 Å². The summed E-state index contributed by atoms with van der Waals surface area (Å²) >= 11 is 4.78. The van der Waals surface area contributed by atoms with Gasteiger partial charge in [-0.25, -0.2) is 0 Å². The van der Waals surface area contributed by atoms with Crippen molar-refractivity contribution in [2.24, 2.45) is 23.2 Å². The number of rotatable bonds is 0. The molecule has 82 valence electrons. The Morgan fingerprint density at radius 1 is 1.29 bits per heavy atom. The van der Waals surface area contributed by atoms with Crippen LogP contribution in [0.25, 0.3) is 0 Å². The van der Waals surface area contributed by atoms with E-state index in [1.807, 2.05) is 0 Å². The van der Waals surface area contributed by atoms with Gasteiger partial charge in [-0.2, -0.15) is 12.6 Å². The van der Waals surface area contributed by atoms with E-state index in [4.69, 9.17) is 12.6 Å². The van der Waals surface area contributed by atoms with Gasteiger partial charge in [0.1, 0.15) is 0 Å². The Kier molecular flexibility index (Phi) is 3.41. The molecular weight excluding hydrogens is 188 g/mol. The molecule has 0 aromatic carbocycles. The molecule has 1 heteroatoms. The molecule has 0 aliphatic heterocycles. The van der Waals surface area contributed by atoms with E-state index in [0.29, 0.717) is 28.4 Å². The van der Waals surface area contributed by atoms with Crippen LogP contribution in [-0.4, -0.2) is 5.25 Å². The molecule has 4 atom stereocenters. The van der Waals surface area contributed by atoms with Crippen molar-refractivity contribution >= 4 is 12.6 Å². The maximum atomic E-state index is 4.78. The number of thiol groups is 1. The Labute approximate surface area is 94.6 Å². The molecular formula is C13H24S. The van der Waals surface area contributed by atoms with Crippen molar-refractivity contribution in [3.63, 3.8) is 0 Å². The highest BCUT2D eigenvalue weighted by atomic mass is 32.1. The van der Waals surface area contributed by atoms with Crippen LogP contribution in [0, 0.1) is 23.2 Å². The Morgan fingerprint density at radius 3 is 2.21 bits per heavy atom. The number of hydrogen-bond donors (Lipinski definition) is 1. The maximum absolute atomic E-state index is 4.78. The van der Waals surface area contributed by atoms with Crippen molar-refractivity contribution < 1.29 is 0 Å². The van der Waals surface area contributed by atoms with Crippen LogP contribution in [0.15, 0.2) is 12.2 Å². The fraction of sp³-hybridized carbons (Fsp3) is 0.846. The summed E-state index contributed by atoms with van der Waals surface area (Å²) in [4.78, 5) is 0. The summed E-state index contributed by atoms with van der Waals surface area (Å²) < 4.78 is 0. The third-order valence-electron chi connectivity index (χ3n) is 3.86. The van der Waals surface area contributed by atoms with Gasteiger partial charge in [-0.3, -0.25) is 0 Å². The lowest BCUT2D eigenvalue weighted by atomic mass is 9.64. The first kappa shape index (κ1) is 12.2. The molecule has 0 aromatic heterocycles. The Morgan fingerprint density at radius 2 is 1.79 bits per heavy atom. The largest absolute Gasteiger partial charge is 0.175 e. The predicted octanol–water partition coefficient (Wildman–Crippen LogP) is 4.18. The van der Waals surface area contributed by atoms with Crippen molar-refractivity contribution in [3.8, 4) is 0 Å². The van der Waals surface area contributed by atoms with Gasteiger partial charge in [0, 0.05) is 5.25 Å². The van der Waals surface area contributed by atoms with Crippen LogP contribution >= 0.6 is 12.6 Å². The van der Waals surface area contributed by atoms with Crippen LogP contribution in [-0.2, 0) is 0 Å². The highest BCUT2D eigenvalue weighted by Crippen LogP contribution is 2.46. The van der Waals surface area contributed by atoms with E-state index in [9.17, 15) is 0 Å². The lowest BCUT2D eigenvalue weighted by Gasteiger charge is -2.45. The van der Waals surface area contributed by atoms with Crippen LogP contribution in [0.4, 0.5) is 0 Å². The van der Waals surface area contributed by atoms with E-state index >= 15 is 0 Å². The van der Waals surface area contributed by atoms with E-state index in [1.165, 1.54) is 12.0 Å². The SMILES string of the molecule is C=C1C(C)CC(C(C)(C)C)C(S)C1C. The average Bonchev–Trinajstić information content (AvgIpc) is 2.06. The zero-order chi connectivity index (χ0) is 11.1. The quantitative estimate of drug-likeness (QED) is 0.452. The molecule has 4 unspecified atom stereocenters. The fourth-order valence-corrected chi connectivity index (χ4v) is 3.31. The fourth-order valence-electron chi connectivity index (χ4n) is 2.55. The molecule has 1 saturated carbocycles. The van der Waals surface area contributed by atoms with Crippen LogP contribution in [0.5, 0.6) is 0 Å². The van der Waals surface area contributed by atoms with Crippen molar-refractivity contribution in [2.45, 2.75) is 46.3 Å². The third kappa shape index (κ3) is 2.18. The Balaban J connectivity index is 2.86. The molecule has 0 amide bonds. The van der Waals surface area contributed by atoms with Gasteiger partial charge in [0.25, 0.3) is 0 Å². The summed E-state index contributed by atoms with van der Waals surface area (Å²) in [6, 6.07) is 0. The van der Waals surface area contributed by atoms with Gasteiger partial charge in [-0.1, -0.05) is 46.8 Å². The van der Waals surface area contributed by atoms with E-state index in [1.54, 1.807) is 0 Å². The number of hydrogen-bond acceptors (Lipinski definition) is 1. The minimum atomic E-state index is 0.371. The molecule has 0 spiro atoms. The summed E-state index contributed by atoms with van der Waals surface area (Å²) in [5.74, 6) is 1.94. The summed E-state index contributed by atoms with van der Waals surface area (Å²) in [6.07, 6.45) is 1.25. The second kappa shape index (κ2) is 3.92. The lowest BCUT2D eigenvalue weighted by molar-refractivity contribution is 0.159. The summed E-state index contributed by atoms with van der Waals surface area (Å²) in [7, 11) is 0. The smallest absolute Gasteiger partial charge is 0.0113 e. The first-order valence-corrected chi connectivity index (χ1v) is 6.13. The second-order valence-corrected chi connectivity index (χ2v) is 6.56. The molecule has 1 aliphatic carbocycles. The predicted molar refractivity (Wildman–Crippen MR) is 67.8 cm³/mol. The Hall–Kier alpha value is 0.0900. The second-order valence-electron chi connectivity index (χ2n) is 5.96. The maximum Gasteiger partial charge on any atom is 0.0113 e. The molecule has 14 heavy (non-hydrogen) atoms. The molecule has 0 saturated heterocycles. The van der Waals surface area contributed by atoms with Gasteiger partial charge in [-0.15, -0.1) is 0 Å². The monoisotopic (exact) mass is 212 g/mol. The highest BCUT2D eigenvalue weighted by Gasteiger charge is 2.39. The lowest BCUT2D eigenvalue weighted by Crippen LogP contribution is -2.40. The summed E-state index contributed by atoms with van der Waals surface area (Å²) in [6.45, 7) is 15.8. The first-order chi connectivity index (χ1) is 6.25. The molecule has 0 N–H and O–H groups in total. The van der Waals surface area contributed by atoms with Crippen molar-refractivity contribution in [1.29, 1.82) is 0 Å². The minimum Gasteiger partial charge on any atom is -0.175 e. The normalized spacial score (nSPS) is 40.0. The van der Waals surface area contributed by atoms with Gasteiger partial charge in [0.15, 0.2) is 0 Å². The average molecular weight is 212 g/mol. The van der Waals surface area contributed by atoms with Gasteiger partial charge >= 0.3 is 0 Å². The molecule has 0 nitrogen and oxygen atoms in total. The zero-order valence-electron chi connectivity index (χ0n) is 10.2. The molecule has 0 radical (unpaired) electrons. The van der Waals surface area contributed by atoms with Gasteiger partial charge in [-0.05, 0) is 29.6 Å². The van der Waals surface area contributed by atoms with Crippen molar-refractivity contribution in [3.05, 3.63) is 12.2 Å². The van der Waals surface area contributed by atoms with Crippen LogP contribution in [0.1, 0.15) is 41.0 Å². The highest BCUT2D eigenvalue weighted by molar-refractivity contribution is 7.81. The number of allylic oxidation sites excluding steroid dienone is 1. The van der Waals surface area contributed by atoms with E-state index in [2.05, 4.69) is 41.2 Å². The first-order valence-electron chi connectivity index (χ1n) is 5.62. The van der Waals surface area contributed by atoms with Gasteiger partial charge in [0.2, 0.25) is 0 Å². The molecule has 1 rings (SSSR count). The molecule has 1 fully saturated rings. The van der Waals surface area contributed by atoms with E-state index in [-0.39, 0.29) is 0 Å². The van der Waals surface area contributed by atoms with E-state index in [0.717, 1.165) is 0 Å². The molecule has 0 bridgehead atoms. The van der Waals surface area contributed by atoms with Crippen molar-refractivity contribution in [1.82, 2.24) is 0 Å². The van der Waals surface area contributed by atoms with Crippen molar-refractivity contribution in [2.75, 3.05) is 0 Å². The Bertz CT molecular complexity index is 224. The summed E-state index contributed by atoms with van der Waals surface area (Å²) in [5, 5.41) is 0.485. The standard InChI is InChI=1S/C13H24S/c1-8-7-11(13(4,5)6)12(14)10(3)9(8)2/h8,10-12,14H,2,7H2,1,3-6H3. The van der Waals surface area contributed by atoms with Gasteiger partial charge in [0.05, 0.1) is 0 Å². The molecule has 0 aromatic rings. The zero-order valence-corrected chi connectivity index (χ0v) is 11.1. The van der Waals surface area contributed by atoms with Crippen LogP contribution < -0.4 is 0 Å². The minimum absolute atomic E-state index is 0.371. The van der Waals surface area contributed by atoms with Crippen LogP contribution in [0.2, 0.25) is 0 Å².